The Bertz CT molecular complexity index is 294. The normalized spacial score (nSPS) is 21.0. The van der Waals surface area contributed by atoms with Crippen LogP contribution in [0.1, 0.15) is 5.56 Å². The lowest BCUT2D eigenvalue weighted by atomic mass is 10.3. The highest BCUT2D eigenvalue weighted by Crippen LogP contribution is 2.09. The van der Waals surface area contributed by atoms with E-state index in [0.29, 0.717) is 6.54 Å². The summed E-state index contributed by atoms with van der Waals surface area (Å²) in [6, 6.07) is 1.81. The van der Waals surface area contributed by atoms with Crippen molar-refractivity contribution in [3.05, 3.63) is 24.2 Å². The molecule has 1 aliphatic rings. The molecule has 0 bridgehead atoms. The molecule has 1 aromatic heterocycles. The summed E-state index contributed by atoms with van der Waals surface area (Å²) in [6.07, 6.45) is 3.24. The van der Waals surface area contributed by atoms with Gasteiger partial charge in [0, 0.05) is 23.7 Å². The van der Waals surface area contributed by atoms with Crippen LogP contribution in [0.4, 0.5) is 0 Å². The van der Waals surface area contributed by atoms with E-state index in [9.17, 15) is 4.79 Å². The van der Waals surface area contributed by atoms with Crippen molar-refractivity contribution in [2.75, 3.05) is 11.6 Å². The number of thioether (sulfide) groups is 1. The highest BCUT2D eigenvalue weighted by molar-refractivity contribution is 7.99. The fourth-order valence-corrected chi connectivity index (χ4v) is 2.21. The van der Waals surface area contributed by atoms with E-state index in [4.69, 9.17) is 4.42 Å². The third-order valence-electron chi connectivity index (χ3n) is 2.08. The molecule has 0 radical (unpaired) electrons. The van der Waals surface area contributed by atoms with Crippen LogP contribution in [0.3, 0.4) is 0 Å². The van der Waals surface area contributed by atoms with Gasteiger partial charge in [-0.3, -0.25) is 10.1 Å². The lowest BCUT2D eigenvalue weighted by Gasteiger charge is -2.08. The summed E-state index contributed by atoms with van der Waals surface area (Å²) in [4.78, 5) is 11.5. The van der Waals surface area contributed by atoms with Gasteiger partial charge in [0.25, 0.3) is 0 Å². The predicted molar refractivity (Wildman–Crippen MR) is 54.8 cm³/mol. The second-order valence-electron chi connectivity index (χ2n) is 3.12. The van der Waals surface area contributed by atoms with E-state index in [2.05, 4.69) is 10.6 Å². The van der Waals surface area contributed by atoms with E-state index < -0.39 is 0 Å². The summed E-state index contributed by atoms with van der Waals surface area (Å²) >= 11 is 1.74. The molecule has 1 unspecified atom stereocenters. The first kappa shape index (κ1) is 9.61. The van der Waals surface area contributed by atoms with E-state index in [1.54, 1.807) is 24.3 Å². The number of carbonyl (C=O) groups is 1. The molecule has 0 aromatic carbocycles. The minimum Gasteiger partial charge on any atom is -0.472 e. The average molecular weight is 212 g/mol. The fourth-order valence-electron chi connectivity index (χ4n) is 1.27. The second-order valence-corrected chi connectivity index (χ2v) is 4.15. The number of carbonyl (C=O) groups excluding carboxylic acids is 1. The van der Waals surface area contributed by atoms with Crippen LogP contribution in [-0.2, 0) is 11.3 Å². The number of hydrogen-bond donors (Lipinski definition) is 2. The molecule has 1 atom stereocenters. The Morgan fingerprint density at radius 2 is 2.71 bits per heavy atom. The van der Waals surface area contributed by atoms with Gasteiger partial charge in [-0.2, -0.15) is 0 Å². The van der Waals surface area contributed by atoms with Gasteiger partial charge >= 0.3 is 0 Å². The van der Waals surface area contributed by atoms with Crippen molar-refractivity contribution in [2.45, 2.75) is 12.6 Å². The summed E-state index contributed by atoms with van der Waals surface area (Å²) in [5, 5.41) is 5.97. The van der Waals surface area contributed by atoms with Crippen molar-refractivity contribution in [3.63, 3.8) is 0 Å². The van der Waals surface area contributed by atoms with Crippen LogP contribution in [-0.4, -0.2) is 23.6 Å². The Morgan fingerprint density at radius 3 is 3.36 bits per heavy atom. The van der Waals surface area contributed by atoms with Gasteiger partial charge < -0.3 is 9.73 Å². The second kappa shape index (κ2) is 4.52. The molecule has 2 heterocycles. The highest BCUT2D eigenvalue weighted by atomic mass is 32.2. The van der Waals surface area contributed by atoms with Crippen molar-refractivity contribution in [2.24, 2.45) is 0 Å². The molecule has 0 aliphatic carbocycles. The Kier molecular flexibility index (Phi) is 3.10. The Labute approximate surface area is 86.4 Å². The third kappa shape index (κ3) is 2.30. The highest BCUT2D eigenvalue weighted by Gasteiger charge is 2.21. The summed E-state index contributed by atoms with van der Waals surface area (Å²) in [6.45, 7) is 0.540. The van der Waals surface area contributed by atoms with Crippen molar-refractivity contribution in [1.82, 2.24) is 10.6 Å². The van der Waals surface area contributed by atoms with E-state index in [0.717, 1.165) is 17.2 Å². The monoisotopic (exact) mass is 212 g/mol. The molecule has 0 spiro atoms. The maximum absolute atomic E-state index is 11.5. The smallest absolute Gasteiger partial charge is 0.238 e. The Morgan fingerprint density at radius 1 is 1.79 bits per heavy atom. The van der Waals surface area contributed by atoms with Gasteiger partial charge in [0.2, 0.25) is 5.91 Å². The molecule has 1 fully saturated rings. The molecule has 1 aliphatic heterocycles. The van der Waals surface area contributed by atoms with Crippen LogP contribution in [0.15, 0.2) is 23.0 Å². The predicted octanol–water partition coefficient (Wildman–Crippen LogP) is 0.558. The molecular weight excluding hydrogens is 200 g/mol. The van der Waals surface area contributed by atoms with Crippen LogP contribution in [0.2, 0.25) is 0 Å². The Balaban J connectivity index is 1.77. The van der Waals surface area contributed by atoms with Gasteiger partial charge in [-0.25, -0.2) is 0 Å². The molecule has 5 heteroatoms. The topological polar surface area (TPSA) is 54.3 Å². The van der Waals surface area contributed by atoms with Crippen LogP contribution in [0, 0.1) is 0 Å². The molecule has 76 valence electrons. The van der Waals surface area contributed by atoms with Crippen molar-refractivity contribution in [3.8, 4) is 0 Å². The first-order valence-corrected chi connectivity index (χ1v) is 5.61. The van der Waals surface area contributed by atoms with Gasteiger partial charge in [0.15, 0.2) is 0 Å². The van der Waals surface area contributed by atoms with Crippen LogP contribution >= 0.6 is 11.8 Å². The summed E-state index contributed by atoms with van der Waals surface area (Å²) < 4.78 is 4.90. The number of rotatable bonds is 3. The maximum Gasteiger partial charge on any atom is 0.238 e. The van der Waals surface area contributed by atoms with Gasteiger partial charge in [-0.15, -0.1) is 11.8 Å². The zero-order valence-electron chi connectivity index (χ0n) is 7.66. The molecular formula is C9H12N2O2S. The molecule has 1 saturated heterocycles. The van der Waals surface area contributed by atoms with Crippen LogP contribution < -0.4 is 10.6 Å². The summed E-state index contributed by atoms with van der Waals surface area (Å²) in [5.74, 6) is 1.79. The number of hydrogen-bond acceptors (Lipinski definition) is 4. The largest absolute Gasteiger partial charge is 0.472 e. The summed E-state index contributed by atoms with van der Waals surface area (Å²) in [7, 11) is 0. The number of amides is 1. The van der Waals surface area contributed by atoms with Gasteiger partial charge in [0.05, 0.1) is 18.6 Å². The molecule has 2 N–H and O–H groups in total. The SMILES string of the molecule is O=C(NCc1ccoc1)C1CSCN1. The minimum atomic E-state index is -0.0353. The molecule has 1 amide bonds. The van der Waals surface area contributed by atoms with Gasteiger partial charge in [-0.05, 0) is 6.07 Å². The van der Waals surface area contributed by atoms with E-state index in [1.165, 1.54) is 0 Å². The molecule has 0 saturated carbocycles. The van der Waals surface area contributed by atoms with E-state index in [-0.39, 0.29) is 11.9 Å². The first-order chi connectivity index (χ1) is 6.86. The molecule has 4 nitrogen and oxygen atoms in total. The molecule has 2 rings (SSSR count). The van der Waals surface area contributed by atoms with Crippen molar-refractivity contribution in [1.29, 1.82) is 0 Å². The molecule has 1 aromatic rings. The van der Waals surface area contributed by atoms with Gasteiger partial charge in [-0.1, -0.05) is 0 Å². The fraction of sp³-hybridized carbons (Fsp3) is 0.444. The van der Waals surface area contributed by atoms with Gasteiger partial charge in [0.1, 0.15) is 0 Å². The maximum atomic E-state index is 11.5. The van der Waals surface area contributed by atoms with E-state index in [1.807, 2.05) is 6.07 Å². The zero-order valence-corrected chi connectivity index (χ0v) is 8.47. The standard InChI is InChI=1S/C9H12N2O2S/c12-9(8-5-14-6-11-8)10-3-7-1-2-13-4-7/h1-2,4,8,11H,3,5-6H2,(H,10,12). The van der Waals surface area contributed by atoms with Crippen LogP contribution in [0.25, 0.3) is 0 Å². The number of nitrogens with one attached hydrogen (secondary N) is 2. The van der Waals surface area contributed by atoms with Crippen molar-refractivity contribution < 1.29 is 9.21 Å². The minimum absolute atomic E-state index is 0.0353. The van der Waals surface area contributed by atoms with Crippen LogP contribution in [0.5, 0.6) is 0 Å². The quantitative estimate of drug-likeness (QED) is 0.768. The van der Waals surface area contributed by atoms with E-state index >= 15 is 0 Å². The lowest BCUT2D eigenvalue weighted by molar-refractivity contribution is -0.122. The third-order valence-corrected chi connectivity index (χ3v) is 3.02. The zero-order chi connectivity index (χ0) is 9.80. The molecule has 14 heavy (non-hydrogen) atoms. The Hall–Kier alpha value is -0.940. The first-order valence-electron chi connectivity index (χ1n) is 4.46. The van der Waals surface area contributed by atoms with Crippen molar-refractivity contribution >= 4 is 17.7 Å². The average Bonchev–Trinajstić information content (AvgIpc) is 2.87. The number of furan rings is 1. The summed E-state index contributed by atoms with van der Waals surface area (Å²) in [5.41, 5.74) is 0.990. The lowest BCUT2D eigenvalue weighted by Crippen LogP contribution is -2.41.